The summed E-state index contributed by atoms with van der Waals surface area (Å²) in [4.78, 5) is 24.7. The van der Waals surface area contributed by atoms with Crippen LogP contribution in [0.3, 0.4) is 0 Å². The van der Waals surface area contributed by atoms with E-state index < -0.39 is 11.5 Å². The Kier molecular flexibility index (Phi) is 4.90. The second kappa shape index (κ2) is 7.11. The summed E-state index contributed by atoms with van der Waals surface area (Å²) in [6.45, 7) is 2.06. The largest absolute Gasteiger partial charge is 0.493 e. The number of carbonyl (C=O) groups excluding carboxylic acids is 1. The van der Waals surface area contributed by atoms with Crippen molar-refractivity contribution in [3.8, 4) is 5.75 Å². The third-order valence-electron chi connectivity index (χ3n) is 3.85. The monoisotopic (exact) mass is 401 g/mol. The Bertz CT molecular complexity index is 993. The lowest BCUT2D eigenvalue weighted by Gasteiger charge is -2.08. The minimum absolute atomic E-state index is 0.0628. The molecule has 6 heteroatoms. The maximum absolute atomic E-state index is 12.5. The predicted octanol–water partition coefficient (Wildman–Crippen LogP) is 4.38. The van der Waals surface area contributed by atoms with Gasteiger partial charge in [-0.2, -0.15) is 0 Å². The van der Waals surface area contributed by atoms with Crippen LogP contribution in [0.15, 0.2) is 56.1 Å². The standard InChI is InChI=1S/C19H16BrNO4/c1-3-11-4-6-14(7-5-11)21-18(22)15-9-12-8-13(20)10-16(24-2)17(12)25-19(15)23/h4-10H,3H2,1-2H3,(H,21,22). The van der Waals surface area contributed by atoms with Gasteiger partial charge in [-0.15, -0.1) is 0 Å². The third-order valence-corrected chi connectivity index (χ3v) is 4.31. The lowest BCUT2D eigenvalue weighted by molar-refractivity contribution is 0.102. The summed E-state index contributed by atoms with van der Waals surface area (Å²) in [6, 6.07) is 12.4. The van der Waals surface area contributed by atoms with E-state index in [4.69, 9.17) is 9.15 Å². The van der Waals surface area contributed by atoms with E-state index in [9.17, 15) is 9.59 Å². The van der Waals surface area contributed by atoms with Crippen molar-refractivity contribution in [2.75, 3.05) is 12.4 Å². The zero-order valence-electron chi connectivity index (χ0n) is 13.8. The van der Waals surface area contributed by atoms with Gasteiger partial charge >= 0.3 is 5.63 Å². The maximum atomic E-state index is 12.5. The highest BCUT2D eigenvalue weighted by atomic mass is 79.9. The van der Waals surface area contributed by atoms with E-state index in [1.54, 1.807) is 24.3 Å². The van der Waals surface area contributed by atoms with Crippen LogP contribution in [-0.4, -0.2) is 13.0 Å². The van der Waals surface area contributed by atoms with Crippen LogP contribution in [0.2, 0.25) is 0 Å². The fourth-order valence-corrected chi connectivity index (χ4v) is 2.95. The fourth-order valence-electron chi connectivity index (χ4n) is 2.50. The van der Waals surface area contributed by atoms with Gasteiger partial charge in [-0.3, -0.25) is 4.79 Å². The number of amides is 1. The number of hydrogen-bond acceptors (Lipinski definition) is 4. The molecular weight excluding hydrogens is 386 g/mol. The molecule has 0 saturated heterocycles. The molecule has 1 heterocycles. The van der Waals surface area contributed by atoms with Crippen LogP contribution in [-0.2, 0) is 6.42 Å². The van der Waals surface area contributed by atoms with Crippen molar-refractivity contribution >= 4 is 38.5 Å². The normalized spacial score (nSPS) is 10.7. The molecule has 0 aliphatic rings. The first-order chi connectivity index (χ1) is 12.0. The highest BCUT2D eigenvalue weighted by Crippen LogP contribution is 2.29. The number of aryl methyl sites for hydroxylation is 1. The summed E-state index contributed by atoms with van der Waals surface area (Å²) in [6.07, 6.45) is 0.916. The Morgan fingerprint density at radius 1 is 1.20 bits per heavy atom. The van der Waals surface area contributed by atoms with Gasteiger partial charge in [-0.25, -0.2) is 4.79 Å². The first-order valence-corrected chi connectivity index (χ1v) is 8.52. The summed E-state index contributed by atoms with van der Waals surface area (Å²) in [5.41, 5.74) is 1.32. The molecule has 1 N–H and O–H groups in total. The number of nitrogens with one attached hydrogen (secondary N) is 1. The van der Waals surface area contributed by atoms with Crippen LogP contribution in [0.25, 0.3) is 11.0 Å². The van der Waals surface area contributed by atoms with Crippen LogP contribution in [0, 0.1) is 0 Å². The minimum Gasteiger partial charge on any atom is -0.493 e. The molecule has 128 valence electrons. The molecule has 0 atom stereocenters. The summed E-state index contributed by atoms with van der Waals surface area (Å²) < 4.78 is 11.3. The molecule has 0 aliphatic carbocycles. The van der Waals surface area contributed by atoms with Crippen molar-refractivity contribution in [3.63, 3.8) is 0 Å². The van der Waals surface area contributed by atoms with Gasteiger partial charge in [0.05, 0.1) is 7.11 Å². The molecule has 1 amide bonds. The molecule has 0 spiro atoms. The molecule has 0 radical (unpaired) electrons. The lowest BCUT2D eigenvalue weighted by Crippen LogP contribution is -2.20. The molecule has 3 aromatic rings. The second-order valence-corrected chi connectivity index (χ2v) is 6.39. The minimum atomic E-state index is -0.712. The Balaban J connectivity index is 1.98. The lowest BCUT2D eigenvalue weighted by atomic mass is 10.1. The maximum Gasteiger partial charge on any atom is 0.349 e. The molecule has 1 aromatic heterocycles. The van der Waals surface area contributed by atoms with Crippen molar-refractivity contribution in [1.29, 1.82) is 0 Å². The van der Waals surface area contributed by atoms with Crippen molar-refractivity contribution < 1.29 is 13.9 Å². The Morgan fingerprint density at radius 3 is 2.56 bits per heavy atom. The van der Waals surface area contributed by atoms with Crippen molar-refractivity contribution in [2.24, 2.45) is 0 Å². The Labute approximate surface area is 152 Å². The average molecular weight is 402 g/mol. The predicted molar refractivity (Wildman–Crippen MR) is 101 cm³/mol. The number of benzene rings is 2. The number of ether oxygens (including phenoxy) is 1. The highest BCUT2D eigenvalue weighted by molar-refractivity contribution is 9.10. The molecule has 2 aromatic carbocycles. The zero-order valence-corrected chi connectivity index (χ0v) is 15.3. The number of rotatable bonds is 4. The second-order valence-electron chi connectivity index (χ2n) is 5.48. The molecule has 0 bridgehead atoms. The van der Waals surface area contributed by atoms with Crippen LogP contribution >= 0.6 is 15.9 Å². The van der Waals surface area contributed by atoms with E-state index in [2.05, 4.69) is 28.2 Å². The van der Waals surface area contributed by atoms with Crippen LogP contribution in [0.4, 0.5) is 5.69 Å². The molecule has 25 heavy (non-hydrogen) atoms. The number of halogens is 1. The number of methoxy groups -OCH3 is 1. The van der Waals surface area contributed by atoms with E-state index in [0.29, 0.717) is 22.4 Å². The van der Waals surface area contributed by atoms with Gasteiger partial charge in [-0.05, 0) is 42.3 Å². The zero-order chi connectivity index (χ0) is 18.0. The summed E-state index contributed by atoms with van der Waals surface area (Å²) in [5.74, 6) is -0.0950. The number of hydrogen-bond donors (Lipinski definition) is 1. The highest BCUT2D eigenvalue weighted by Gasteiger charge is 2.16. The van der Waals surface area contributed by atoms with Gasteiger partial charge in [0.25, 0.3) is 5.91 Å². The van der Waals surface area contributed by atoms with Crippen LogP contribution in [0.5, 0.6) is 5.75 Å². The van der Waals surface area contributed by atoms with Gasteiger partial charge in [-0.1, -0.05) is 35.0 Å². The number of carbonyl (C=O) groups is 1. The van der Waals surface area contributed by atoms with Crippen LogP contribution in [0.1, 0.15) is 22.8 Å². The number of fused-ring (bicyclic) bond motifs is 1. The Hall–Kier alpha value is -2.60. The topological polar surface area (TPSA) is 68.5 Å². The van der Waals surface area contributed by atoms with Gasteiger partial charge in [0.2, 0.25) is 0 Å². The summed E-state index contributed by atoms with van der Waals surface area (Å²) >= 11 is 3.37. The van der Waals surface area contributed by atoms with E-state index in [-0.39, 0.29) is 5.56 Å². The van der Waals surface area contributed by atoms with Crippen molar-refractivity contribution in [3.05, 3.63) is 68.5 Å². The summed E-state index contributed by atoms with van der Waals surface area (Å²) in [5, 5.41) is 3.31. The van der Waals surface area contributed by atoms with E-state index in [1.165, 1.54) is 18.7 Å². The first kappa shape index (κ1) is 17.2. The van der Waals surface area contributed by atoms with E-state index in [0.717, 1.165) is 10.9 Å². The molecule has 0 saturated carbocycles. The fraction of sp³-hybridized carbons (Fsp3) is 0.158. The van der Waals surface area contributed by atoms with Gasteiger partial charge in [0.1, 0.15) is 5.56 Å². The van der Waals surface area contributed by atoms with E-state index in [1.807, 2.05) is 12.1 Å². The third kappa shape index (κ3) is 3.58. The van der Waals surface area contributed by atoms with Gasteiger partial charge < -0.3 is 14.5 Å². The van der Waals surface area contributed by atoms with E-state index >= 15 is 0 Å². The van der Waals surface area contributed by atoms with Crippen molar-refractivity contribution in [2.45, 2.75) is 13.3 Å². The molecule has 0 aliphatic heterocycles. The van der Waals surface area contributed by atoms with Gasteiger partial charge in [0.15, 0.2) is 11.3 Å². The van der Waals surface area contributed by atoms with Gasteiger partial charge in [0, 0.05) is 15.5 Å². The molecule has 0 fully saturated rings. The molecule has 0 unspecified atom stereocenters. The number of anilines is 1. The smallest absolute Gasteiger partial charge is 0.349 e. The molecular formula is C19H16BrNO4. The summed E-state index contributed by atoms with van der Waals surface area (Å²) in [7, 11) is 1.49. The van der Waals surface area contributed by atoms with Crippen LogP contribution < -0.4 is 15.7 Å². The first-order valence-electron chi connectivity index (χ1n) is 7.73. The average Bonchev–Trinajstić information content (AvgIpc) is 2.61. The quantitative estimate of drug-likeness (QED) is 0.658. The molecule has 3 rings (SSSR count). The molecule has 5 nitrogen and oxygen atoms in total. The Morgan fingerprint density at radius 2 is 1.92 bits per heavy atom. The SMILES string of the molecule is CCc1ccc(NC(=O)c2cc3cc(Br)cc(OC)c3oc2=O)cc1. The van der Waals surface area contributed by atoms with Crippen molar-refractivity contribution in [1.82, 2.24) is 0 Å².